The zero-order valence-electron chi connectivity index (χ0n) is 15.4. The third kappa shape index (κ3) is 3.23. The van der Waals surface area contributed by atoms with Gasteiger partial charge in [-0.1, -0.05) is 24.6 Å². The van der Waals surface area contributed by atoms with E-state index in [4.69, 9.17) is 0 Å². The van der Waals surface area contributed by atoms with E-state index in [1.165, 1.54) is 11.1 Å². The number of hydrogen-bond acceptors (Lipinski definition) is 5. The summed E-state index contributed by atoms with van der Waals surface area (Å²) in [7, 11) is 0. The van der Waals surface area contributed by atoms with Gasteiger partial charge in [0.05, 0.1) is 0 Å². The van der Waals surface area contributed by atoms with Gasteiger partial charge in [0.25, 0.3) is 0 Å². The Morgan fingerprint density at radius 3 is 2.77 bits per heavy atom. The van der Waals surface area contributed by atoms with Gasteiger partial charge in [-0.25, -0.2) is 9.97 Å². The number of carbonyl (C=O) groups excluding carboxylic acids is 1. The van der Waals surface area contributed by atoms with Crippen molar-refractivity contribution in [2.24, 2.45) is 0 Å². The molecular weight excluding hydrogens is 326 g/mol. The van der Waals surface area contributed by atoms with Crippen molar-refractivity contribution in [3.63, 3.8) is 0 Å². The van der Waals surface area contributed by atoms with E-state index in [0.29, 0.717) is 0 Å². The number of anilines is 2. The number of carbonyl (C=O) groups is 1. The number of aromatic nitrogens is 2. The van der Waals surface area contributed by atoms with E-state index in [2.05, 4.69) is 58.3 Å². The lowest BCUT2D eigenvalue weighted by molar-refractivity contribution is -0.132. The number of fused-ring (bicyclic) bond motifs is 1. The van der Waals surface area contributed by atoms with Crippen LogP contribution in [0.3, 0.4) is 0 Å². The molecule has 0 spiro atoms. The largest absolute Gasteiger partial charge is 0.373 e. The van der Waals surface area contributed by atoms with Gasteiger partial charge in [-0.2, -0.15) is 0 Å². The number of piperazine rings is 1. The summed E-state index contributed by atoms with van der Waals surface area (Å²) in [6, 6.07) is 8.26. The summed E-state index contributed by atoms with van der Waals surface area (Å²) in [6.45, 7) is 7.27. The molecule has 3 heterocycles. The molecule has 2 aliphatic rings. The maximum absolute atomic E-state index is 12.9. The van der Waals surface area contributed by atoms with Crippen LogP contribution in [0.15, 0.2) is 30.6 Å². The Morgan fingerprint density at radius 2 is 2.00 bits per heavy atom. The molecule has 0 unspecified atom stereocenters. The lowest BCUT2D eigenvalue weighted by Gasteiger charge is -2.36. The molecule has 6 nitrogen and oxygen atoms in total. The second-order valence-corrected chi connectivity index (χ2v) is 7.10. The van der Waals surface area contributed by atoms with Crippen LogP contribution in [0.4, 0.5) is 11.5 Å². The number of aryl methyl sites for hydroxylation is 2. The number of nitrogens with zero attached hydrogens (tertiary/aromatic N) is 4. The molecule has 1 aromatic heterocycles. The molecule has 4 rings (SSSR count). The van der Waals surface area contributed by atoms with Gasteiger partial charge in [-0.3, -0.25) is 4.79 Å². The van der Waals surface area contributed by atoms with Gasteiger partial charge in [0.1, 0.15) is 18.2 Å². The number of amides is 1. The molecule has 1 fully saturated rings. The lowest BCUT2D eigenvalue weighted by Crippen LogP contribution is -2.52. The van der Waals surface area contributed by atoms with E-state index < -0.39 is 0 Å². The Hall–Kier alpha value is -2.63. The van der Waals surface area contributed by atoms with Crippen molar-refractivity contribution in [2.45, 2.75) is 32.7 Å². The minimum Gasteiger partial charge on any atom is -0.373 e. The van der Waals surface area contributed by atoms with E-state index in [1.54, 1.807) is 6.33 Å². The zero-order chi connectivity index (χ0) is 18.1. The molecular formula is C20H25N5O. The standard InChI is InChI=1S/C20H25N5O/c1-3-16-12-19(22-13-21-16)24-6-8-25(9-7-24)20(26)18-11-15-10-14(2)4-5-17(15)23-18/h4-5,10,12-13,18,23H,3,6-9,11H2,1-2H3/t18-/m0/s1. The van der Waals surface area contributed by atoms with Crippen LogP contribution in [0.2, 0.25) is 0 Å². The second kappa shape index (κ2) is 6.94. The van der Waals surface area contributed by atoms with Crippen LogP contribution in [0.1, 0.15) is 23.7 Å². The first-order valence-corrected chi connectivity index (χ1v) is 9.35. The van der Waals surface area contributed by atoms with Crippen LogP contribution in [0.25, 0.3) is 0 Å². The van der Waals surface area contributed by atoms with E-state index in [0.717, 1.165) is 56.2 Å². The fourth-order valence-electron chi connectivity index (χ4n) is 3.77. The van der Waals surface area contributed by atoms with Crippen LogP contribution in [0, 0.1) is 6.92 Å². The van der Waals surface area contributed by atoms with Crippen molar-refractivity contribution in [2.75, 3.05) is 36.4 Å². The Bertz CT molecular complexity index is 814. The molecule has 6 heteroatoms. The predicted octanol–water partition coefficient (Wildman–Crippen LogP) is 2.03. The average Bonchev–Trinajstić information content (AvgIpc) is 3.10. The number of hydrogen-bond donors (Lipinski definition) is 1. The van der Waals surface area contributed by atoms with Gasteiger partial charge in [0.2, 0.25) is 5.91 Å². The highest BCUT2D eigenvalue weighted by atomic mass is 16.2. The van der Waals surface area contributed by atoms with Crippen LogP contribution >= 0.6 is 0 Å². The number of benzene rings is 1. The second-order valence-electron chi connectivity index (χ2n) is 7.10. The maximum Gasteiger partial charge on any atom is 0.245 e. The van der Waals surface area contributed by atoms with Gasteiger partial charge in [-0.15, -0.1) is 0 Å². The zero-order valence-corrected chi connectivity index (χ0v) is 15.4. The van der Waals surface area contributed by atoms with Crippen molar-refractivity contribution < 1.29 is 4.79 Å². The topological polar surface area (TPSA) is 61.4 Å². The molecule has 1 atom stereocenters. The van der Waals surface area contributed by atoms with Crippen molar-refractivity contribution in [3.8, 4) is 0 Å². The molecule has 0 bridgehead atoms. The van der Waals surface area contributed by atoms with E-state index in [-0.39, 0.29) is 11.9 Å². The molecule has 1 aromatic carbocycles. The number of nitrogens with one attached hydrogen (secondary N) is 1. The maximum atomic E-state index is 12.9. The molecule has 2 aromatic rings. The molecule has 136 valence electrons. The van der Waals surface area contributed by atoms with Gasteiger partial charge in [0, 0.05) is 50.0 Å². The highest BCUT2D eigenvalue weighted by Crippen LogP contribution is 2.27. The highest BCUT2D eigenvalue weighted by Gasteiger charge is 2.32. The SMILES string of the molecule is CCc1cc(N2CCN(C(=O)[C@@H]3Cc4cc(C)ccc4N3)CC2)ncn1. The molecule has 1 amide bonds. The summed E-state index contributed by atoms with van der Waals surface area (Å²) < 4.78 is 0. The van der Waals surface area contributed by atoms with Crippen molar-refractivity contribution in [1.29, 1.82) is 0 Å². The normalized spacial score (nSPS) is 19.2. The molecule has 0 radical (unpaired) electrons. The number of rotatable bonds is 3. The first-order chi connectivity index (χ1) is 12.6. The molecule has 1 saturated heterocycles. The van der Waals surface area contributed by atoms with E-state index >= 15 is 0 Å². The summed E-state index contributed by atoms with van der Waals surface area (Å²) in [5.74, 6) is 1.17. The summed E-state index contributed by atoms with van der Waals surface area (Å²) in [4.78, 5) is 25.8. The Morgan fingerprint density at radius 1 is 1.19 bits per heavy atom. The van der Waals surface area contributed by atoms with Gasteiger partial charge < -0.3 is 15.1 Å². The summed E-state index contributed by atoms with van der Waals surface area (Å²) in [6.07, 6.45) is 3.32. The molecule has 0 aliphatic carbocycles. The predicted molar refractivity (Wildman–Crippen MR) is 102 cm³/mol. The Kier molecular flexibility index (Phi) is 4.49. The van der Waals surface area contributed by atoms with Crippen LogP contribution in [-0.2, 0) is 17.6 Å². The monoisotopic (exact) mass is 351 g/mol. The Labute approximate surface area is 154 Å². The van der Waals surface area contributed by atoms with Crippen LogP contribution in [-0.4, -0.2) is 53.0 Å². The van der Waals surface area contributed by atoms with Crippen molar-refractivity contribution in [1.82, 2.24) is 14.9 Å². The van der Waals surface area contributed by atoms with Crippen molar-refractivity contribution in [3.05, 3.63) is 47.4 Å². The third-order valence-electron chi connectivity index (χ3n) is 5.30. The quantitative estimate of drug-likeness (QED) is 0.917. The molecule has 0 saturated carbocycles. The average molecular weight is 351 g/mol. The Balaban J connectivity index is 1.37. The van der Waals surface area contributed by atoms with Crippen molar-refractivity contribution >= 4 is 17.4 Å². The van der Waals surface area contributed by atoms with E-state index in [1.807, 2.05) is 4.90 Å². The van der Waals surface area contributed by atoms with Gasteiger partial charge >= 0.3 is 0 Å². The first-order valence-electron chi connectivity index (χ1n) is 9.35. The molecule has 2 aliphatic heterocycles. The molecule has 26 heavy (non-hydrogen) atoms. The minimum absolute atomic E-state index is 0.135. The van der Waals surface area contributed by atoms with Crippen LogP contribution in [0.5, 0.6) is 0 Å². The minimum atomic E-state index is -0.135. The van der Waals surface area contributed by atoms with Crippen LogP contribution < -0.4 is 10.2 Å². The first kappa shape index (κ1) is 16.8. The fourth-order valence-corrected chi connectivity index (χ4v) is 3.77. The van der Waals surface area contributed by atoms with E-state index in [9.17, 15) is 4.79 Å². The van der Waals surface area contributed by atoms with Gasteiger partial charge in [0.15, 0.2) is 0 Å². The summed E-state index contributed by atoms with van der Waals surface area (Å²) in [5.41, 5.74) is 4.64. The smallest absolute Gasteiger partial charge is 0.245 e. The summed E-state index contributed by atoms with van der Waals surface area (Å²) >= 11 is 0. The fraction of sp³-hybridized carbons (Fsp3) is 0.450. The molecule has 1 N–H and O–H groups in total. The lowest BCUT2D eigenvalue weighted by atomic mass is 10.1. The highest BCUT2D eigenvalue weighted by molar-refractivity contribution is 5.87. The summed E-state index contributed by atoms with van der Waals surface area (Å²) in [5, 5.41) is 3.39. The van der Waals surface area contributed by atoms with Gasteiger partial charge in [-0.05, 0) is 25.0 Å². The third-order valence-corrected chi connectivity index (χ3v) is 5.30.